The molecule has 1 aromatic heterocycles. The number of anilines is 1. The molecule has 1 amide bonds. The van der Waals surface area contributed by atoms with E-state index in [-0.39, 0.29) is 27.4 Å². The number of nitro groups is 1. The van der Waals surface area contributed by atoms with E-state index in [9.17, 15) is 19.7 Å². The second kappa shape index (κ2) is 13.0. The van der Waals surface area contributed by atoms with Crippen molar-refractivity contribution in [2.45, 2.75) is 44.9 Å². The molecule has 1 aliphatic carbocycles. The van der Waals surface area contributed by atoms with Crippen LogP contribution < -0.4 is 15.6 Å². The maximum absolute atomic E-state index is 13.6. The third-order valence-electron chi connectivity index (χ3n) is 7.05. The maximum atomic E-state index is 13.6. The molecule has 0 atom stereocenters. The van der Waals surface area contributed by atoms with Crippen LogP contribution in [0.4, 0.5) is 11.4 Å². The zero-order valence-electron chi connectivity index (χ0n) is 22.7. The monoisotopic (exact) mass is 695 g/mol. The van der Waals surface area contributed by atoms with Crippen LogP contribution >= 0.6 is 31.9 Å². The molecule has 0 spiro atoms. The molecule has 1 saturated carbocycles. The Hall–Kier alpha value is -3.90. The molecule has 42 heavy (non-hydrogen) atoms. The molecule has 0 unspecified atom stereocenters. The highest BCUT2D eigenvalue weighted by atomic mass is 79.9. The predicted octanol–water partition coefficient (Wildman–Crippen LogP) is 7.09. The summed E-state index contributed by atoms with van der Waals surface area (Å²) in [6.45, 7) is 1.50. The lowest BCUT2D eigenvalue weighted by atomic mass is 9.88. The molecule has 5 rings (SSSR count). The van der Waals surface area contributed by atoms with Gasteiger partial charge in [-0.2, -0.15) is 9.78 Å². The van der Waals surface area contributed by atoms with Gasteiger partial charge in [0.25, 0.3) is 11.5 Å². The number of nitrogens with zero attached hydrogens (tertiary/aromatic N) is 4. The first-order valence-electron chi connectivity index (χ1n) is 13.4. The fourth-order valence-corrected chi connectivity index (χ4v) is 5.89. The summed E-state index contributed by atoms with van der Waals surface area (Å²) in [6, 6.07) is 15.5. The van der Waals surface area contributed by atoms with Crippen molar-refractivity contribution in [2.24, 2.45) is 5.10 Å². The fourth-order valence-electron chi connectivity index (χ4n) is 4.95. The van der Waals surface area contributed by atoms with Gasteiger partial charge in [-0.1, -0.05) is 52.9 Å². The molecule has 10 nitrogen and oxygen atoms in total. The lowest BCUT2D eigenvalue weighted by Gasteiger charge is -2.22. The van der Waals surface area contributed by atoms with Crippen molar-refractivity contribution < 1.29 is 14.5 Å². The number of benzene rings is 3. The van der Waals surface area contributed by atoms with E-state index in [1.807, 2.05) is 25.1 Å². The average molecular weight is 697 g/mol. The molecular weight excluding hydrogens is 670 g/mol. The zero-order valence-corrected chi connectivity index (χ0v) is 25.9. The molecule has 0 saturated heterocycles. The molecule has 4 aromatic rings. The quantitative estimate of drug-likeness (QED) is 0.119. The molecule has 12 heteroatoms. The van der Waals surface area contributed by atoms with E-state index in [0.717, 1.165) is 42.1 Å². The number of ether oxygens (including phenoxy) is 1. The van der Waals surface area contributed by atoms with E-state index < -0.39 is 17.4 Å². The van der Waals surface area contributed by atoms with Crippen LogP contribution in [-0.2, 0) is 4.79 Å². The van der Waals surface area contributed by atoms with Gasteiger partial charge in [-0.25, -0.2) is 4.98 Å². The summed E-state index contributed by atoms with van der Waals surface area (Å²) < 4.78 is 7.89. The first-order chi connectivity index (χ1) is 20.2. The van der Waals surface area contributed by atoms with Crippen LogP contribution in [0.25, 0.3) is 10.9 Å². The Bertz CT molecular complexity index is 1750. The molecule has 1 N–H and O–H groups in total. The molecule has 1 aliphatic rings. The molecule has 1 heterocycles. The van der Waals surface area contributed by atoms with Crippen LogP contribution in [0.2, 0.25) is 0 Å². The van der Waals surface area contributed by atoms with Crippen LogP contribution in [-0.4, -0.2) is 33.3 Å². The van der Waals surface area contributed by atoms with Gasteiger partial charge in [0.05, 0.1) is 26.5 Å². The van der Waals surface area contributed by atoms with Gasteiger partial charge in [-0.05, 0) is 72.1 Å². The molecular formula is C30H27Br2N5O5. The summed E-state index contributed by atoms with van der Waals surface area (Å²) in [5.74, 6) is 0.114. The van der Waals surface area contributed by atoms with Crippen LogP contribution in [0.5, 0.6) is 5.75 Å². The first-order valence-corrected chi connectivity index (χ1v) is 15.0. The normalized spacial score (nSPS) is 13.9. The van der Waals surface area contributed by atoms with Crippen molar-refractivity contribution >= 4 is 66.3 Å². The molecule has 0 aliphatic heterocycles. The van der Waals surface area contributed by atoms with Gasteiger partial charge in [0.2, 0.25) is 5.75 Å². The van der Waals surface area contributed by atoms with Gasteiger partial charge in [-0.3, -0.25) is 19.7 Å². The number of hydrogen-bond acceptors (Lipinski definition) is 7. The number of amides is 1. The lowest BCUT2D eigenvalue weighted by molar-refractivity contribution is -0.385. The number of fused-ring (bicyclic) bond motifs is 1. The van der Waals surface area contributed by atoms with Gasteiger partial charge in [0.1, 0.15) is 5.82 Å². The summed E-state index contributed by atoms with van der Waals surface area (Å²) in [7, 11) is 0. The minimum absolute atomic E-state index is 0.0829. The number of carbonyl (C=O) groups is 1. The van der Waals surface area contributed by atoms with Gasteiger partial charge < -0.3 is 10.1 Å². The highest BCUT2D eigenvalue weighted by molar-refractivity contribution is 9.10. The molecule has 0 radical (unpaired) electrons. The van der Waals surface area contributed by atoms with E-state index in [0.29, 0.717) is 28.0 Å². The Morgan fingerprint density at radius 1 is 1.14 bits per heavy atom. The molecule has 216 valence electrons. The van der Waals surface area contributed by atoms with Crippen molar-refractivity contribution in [3.8, 4) is 5.75 Å². The minimum atomic E-state index is -0.593. The summed E-state index contributed by atoms with van der Waals surface area (Å²) in [6.07, 6.45) is 6.45. The van der Waals surface area contributed by atoms with Gasteiger partial charge in [0.15, 0.2) is 6.61 Å². The van der Waals surface area contributed by atoms with Crippen molar-refractivity contribution in [2.75, 3.05) is 11.9 Å². The number of halogens is 2. The highest BCUT2D eigenvalue weighted by Gasteiger charge is 2.24. The van der Waals surface area contributed by atoms with Crippen LogP contribution in [0.1, 0.15) is 55.0 Å². The molecule has 1 fully saturated rings. The van der Waals surface area contributed by atoms with Crippen molar-refractivity contribution in [3.05, 3.63) is 101 Å². The Morgan fingerprint density at radius 3 is 2.60 bits per heavy atom. The van der Waals surface area contributed by atoms with E-state index in [1.54, 1.807) is 30.3 Å². The van der Waals surface area contributed by atoms with Crippen LogP contribution in [0, 0.1) is 17.0 Å². The Kier molecular flexibility index (Phi) is 9.12. The fraction of sp³-hybridized carbons (Fsp3) is 0.267. The third kappa shape index (κ3) is 6.76. The SMILES string of the molecule is Cc1ccc(NC(=O)COc2c(Br)cc(C=Nn3c(C4CCCCC4)nc4ccc(Br)cc4c3=O)cc2[N+](=O)[O-])cc1. The summed E-state index contributed by atoms with van der Waals surface area (Å²) >= 11 is 6.76. The number of aromatic nitrogens is 2. The minimum Gasteiger partial charge on any atom is -0.476 e. The first kappa shape index (κ1) is 29.6. The van der Waals surface area contributed by atoms with E-state index in [1.165, 1.54) is 17.0 Å². The van der Waals surface area contributed by atoms with Crippen molar-refractivity contribution in [1.82, 2.24) is 9.66 Å². The number of hydrogen-bond donors (Lipinski definition) is 1. The van der Waals surface area contributed by atoms with Gasteiger partial charge in [-0.15, -0.1) is 0 Å². The number of nitro benzene ring substituents is 1. The average Bonchev–Trinajstić information content (AvgIpc) is 2.97. The van der Waals surface area contributed by atoms with E-state index in [2.05, 4.69) is 42.3 Å². The standard InChI is InChI=1S/C30H27Br2N5O5/c1-18-7-10-22(11-8-18)34-27(38)17-42-28-24(32)13-19(14-26(28)37(40)41)16-33-36-29(20-5-3-2-4-6-20)35-25-12-9-21(31)15-23(25)30(36)39/h7-16,20H,2-6,17H2,1H3,(H,34,38). The van der Waals surface area contributed by atoms with Crippen molar-refractivity contribution in [1.29, 1.82) is 0 Å². The second-order valence-electron chi connectivity index (χ2n) is 10.1. The van der Waals surface area contributed by atoms with E-state index >= 15 is 0 Å². The van der Waals surface area contributed by atoms with Crippen LogP contribution in [0.15, 0.2) is 73.4 Å². The topological polar surface area (TPSA) is 129 Å². The number of carbonyl (C=O) groups excluding carboxylic acids is 1. The maximum Gasteiger partial charge on any atom is 0.312 e. The summed E-state index contributed by atoms with van der Waals surface area (Å²) in [4.78, 5) is 42.2. The van der Waals surface area contributed by atoms with Crippen LogP contribution in [0.3, 0.4) is 0 Å². The summed E-state index contributed by atoms with van der Waals surface area (Å²) in [5.41, 5.74) is 1.93. The third-order valence-corrected chi connectivity index (χ3v) is 8.13. The van der Waals surface area contributed by atoms with Gasteiger partial charge >= 0.3 is 5.69 Å². The van der Waals surface area contributed by atoms with Gasteiger partial charge in [0, 0.05) is 27.7 Å². The molecule has 0 bridgehead atoms. The predicted molar refractivity (Wildman–Crippen MR) is 169 cm³/mol. The second-order valence-corrected chi connectivity index (χ2v) is 11.9. The molecule has 3 aromatic carbocycles. The summed E-state index contributed by atoms with van der Waals surface area (Å²) in [5, 5.41) is 19.6. The van der Waals surface area contributed by atoms with Crippen molar-refractivity contribution in [3.63, 3.8) is 0 Å². The Morgan fingerprint density at radius 2 is 1.88 bits per heavy atom. The largest absolute Gasteiger partial charge is 0.476 e. The smallest absolute Gasteiger partial charge is 0.312 e. The highest BCUT2D eigenvalue weighted by Crippen LogP contribution is 2.36. The Labute approximate surface area is 258 Å². The lowest BCUT2D eigenvalue weighted by Crippen LogP contribution is -2.25. The van der Waals surface area contributed by atoms with E-state index in [4.69, 9.17) is 9.72 Å². The zero-order chi connectivity index (χ0) is 29.8. The number of aryl methyl sites for hydroxylation is 1. The number of rotatable bonds is 8. The number of nitrogens with one attached hydrogen (secondary N) is 1. The Balaban J connectivity index is 1.44.